The highest BCUT2D eigenvalue weighted by Crippen LogP contribution is 2.15. The summed E-state index contributed by atoms with van der Waals surface area (Å²) < 4.78 is 1.83. The summed E-state index contributed by atoms with van der Waals surface area (Å²) in [7, 11) is 0. The minimum Gasteiger partial charge on any atom is -0.384 e. The molecule has 0 aliphatic carbocycles. The highest BCUT2D eigenvalue weighted by atomic mass is 35.5. The van der Waals surface area contributed by atoms with Crippen molar-refractivity contribution < 1.29 is 9.90 Å². The van der Waals surface area contributed by atoms with E-state index in [1.807, 2.05) is 41.3 Å². The van der Waals surface area contributed by atoms with Gasteiger partial charge in [-0.05, 0) is 31.2 Å². The van der Waals surface area contributed by atoms with E-state index in [1.165, 1.54) is 6.92 Å². The van der Waals surface area contributed by atoms with Gasteiger partial charge in [-0.3, -0.25) is 9.69 Å². The van der Waals surface area contributed by atoms with Crippen LogP contribution in [0.15, 0.2) is 36.7 Å². The molecule has 2 aromatic rings. The van der Waals surface area contributed by atoms with Crippen LogP contribution in [0.25, 0.3) is 5.69 Å². The van der Waals surface area contributed by atoms with Crippen molar-refractivity contribution in [1.82, 2.24) is 19.6 Å². The average Bonchev–Trinajstić information content (AvgIpc) is 3.04. The molecule has 1 fully saturated rings. The summed E-state index contributed by atoms with van der Waals surface area (Å²) in [6, 6.07) is 7.55. The normalized spacial score (nSPS) is 17.0. The molecule has 0 saturated carbocycles. The summed E-state index contributed by atoms with van der Waals surface area (Å²) in [5.41, 5.74) is 2.10. The van der Waals surface area contributed by atoms with Gasteiger partial charge in [0.2, 0.25) is 0 Å². The third kappa shape index (κ3) is 3.95. The maximum atomic E-state index is 11.8. The second-order valence-corrected chi connectivity index (χ2v) is 6.48. The van der Waals surface area contributed by atoms with E-state index < -0.39 is 6.10 Å². The topological polar surface area (TPSA) is 61.6 Å². The number of aliphatic hydroxyl groups is 1. The van der Waals surface area contributed by atoms with Crippen molar-refractivity contribution >= 4 is 17.5 Å². The fraction of sp³-hybridized carbons (Fsp3) is 0.412. The molecule has 128 valence electrons. The predicted molar refractivity (Wildman–Crippen MR) is 92.1 cm³/mol. The van der Waals surface area contributed by atoms with E-state index in [0.717, 1.165) is 30.9 Å². The third-order valence-corrected chi connectivity index (χ3v) is 4.43. The molecule has 0 spiro atoms. The van der Waals surface area contributed by atoms with E-state index in [-0.39, 0.29) is 5.91 Å². The zero-order chi connectivity index (χ0) is 17.1. The Morgan fingerprint density at radius 2 is 1.92 bits per heavy atom. The van der Waals surface area contributed by atoms with Crippen molar-refractivity contribution in [3.05, 3.63) is 47.2 Å². The molecule has 1 aliphatic rings. The van der Waals surface area contributed by atoms with E-state index >= 15 is 0 Å². The summed E-state index contributed by atoms with van der Waals surface area (Å²) >= 11 is 5.91. The molecule has 0 bridgehead atoms. The Morgan fingerprint density at radius 3 is 2.54 bits per heavy atom. The number of carbonyl (C=O) groups is 1. The lowest BCUT2D eigenvalue weighted by Crippen LogP contribution is -2.50. The Hall–Kier alpha value is -1.89. The average molecular weight is 349 g/mol. The van der Waals surface area contributed by atoms with Crippen molar-refractivity contribution in [2.75, 3.05) is 26.2 Å². The lowest BCUT2D eigenvalue weighted by atomic mass is 10.2. The maximum absolute atomic E-state index is 11.8. The van der Waals surface area contributed by atoms with Gasteiger partial charge in [-0.2, -0.15) is 5.10 Å². The molecule has 2 heterocycles. The predicted octanol–water partition coefficient (Wildman–Crippen LogP) is 1.55. The summed E-state index contributed by atoms with van der Waals surface area (Å²) in [5.74, 6) is -0.190. The van der Waals surface area contributed by atoms with Gasteiger partial charge in [0, 0.05) is 49.5 Å². The fourth-order valence-electron chi connectivity index (χ4n) is 2.83. The van der Waals surface area contributed by atoms with Gasteiger partial charge >= 0.3 is 0 Å². The van der Waals surface area contributed by atoms with Crippen LogP contribution in [0.5, 0.6) is 0 Å². The van der Waals surface area contributed by atoms with Gasteiger partial charge in [0.1, 0.15) is 6.10 Å². The quantitative estimate of drug-likeness (QED) is 0.910. The molecule has 1 saturated heterocycles. The number of rotatable bonds is 4. The summed E-state index contributed by atoms with van der Waals surface area (Å²) in [6.07, 6.45) is 2.95. The Morgan fingerprint density at radius 1 is 1.25 bits per heavy atom. The fourth-order valence-corrected chi connectivity index (χ4v) is 2.95. The standard InChI is InChI=1S/C17H21ClN4O2/c1-13(23)17(24)21-8-6-20(7-9-21)11-14-10-19-22(12-14)16-4-2-15(18)3-5-16/h2-5,10,12-13,23H,6-9,11H2,1H3. The van der Waals surface area contributed by atoms with Crippen molar-refractivity contribution in [2.45, 2.75) is 19.6 Å². The number of halogens is 1. The van der Waals surface area contributed by atoms with Crippen LogP contribution in [0, 0.1) is 0 Å². The lowest BCUT2D eigenvalue weighted by molar-refractivity contribution is -0.141. The lowest BCUT2D eigenvalue weighted by Gasteiger charge is -2.35. The first-order valence-corrected chi connectivity index (χ1v) is 8.39. The van der Waals surface area contributed by atoms with Gasteiger partial charge in [-0.25, -0.2) is 4.68 Å². The zero-order valence-electron chi connectivity index (χ0n) is 13.6. The van der Waals surface area contributed by atoms with Gasteiger partial charge in [0.15, 0.2) is 0 Å². The molecule has 1 aliphatic heterocycles. The molecule has 1 atom stereocenters. The summed E-state index contributed by atoms with van der Waals surface area (Å²) in [6.45, 7) is 5.20. The van der Waals surface area contributed by atoms with Gasteiger partial charge < -0.3 is 10.0 Å². The molecular formula is C17H21ClN4O2. The number of benzene rings is 1. The molecule has 7 heteroatoms. The van der Waals surface area contributed by atoms with Gasteiger partial charge in [0.05, 0.1) is 11.9 Å². The monoisotopic (exact) mass is 348 g/mol. The van der Waals surface area contributed by atoms with Gasteiger partial charge in [0.25, 0.3) is 5.91 Å². The Kier molecular flexibility index (Phi) is 5.18. The first kappa shape index (κ1) is 17.0. The van der Waals surface area contributed by atoms with Crippen LogP contribution in [-0.4, -0.2) is 62.9 Å². The second-order valence-electron chi connectivity index (χ2n) is 6.05. The third-order valence-electron chi connectivity index (χ3n) is 4.17. The van der Waals surface area contributed by atoms with E-state index in [1.54, 1.807) is 4.90 Å². The van der Waals surface area contributed by atoms with E-state index in [4.69, 9.17) is 11.6 Å². The number of piperazine rings is 1. The molecule has 24 heavy (non-hydrogen) atoms. The first-order chi connectivity index (χ1) is 11.5. The van der Waals surface area contributed by atoms with E-state index in [9.17, 15) is 9.90 Å². The number of aromatic nitrogens is 2. The second kappa shape index (κ2) is 7.34. The number of aliphatic hydroxyl groups excluding tert-OH is 1. The van der Waals surface area contributed by atoms with Crippen LogP contribution in [0.1, 0.15) is 12.5 Å². The maximum Gasteiger partial charge on any atom is 0.251 e. The Bertz CT molecular complexity index is 691. The molecule has 3 rings (SSSR count). The SMILES string of the molecule is CC(O)C(=O)N1CCN(Cc2cnn(-c3ccc(Cl)cc3)c2)CC1. The number of hydrogen-bond donors (Lipinski definition) is 1. The smallest absolute Gasteiger partial charge is 0.251 e. The zero-order valence-corrected chi connectivity index (χ0v) is 14.4. The van der Waals surface area contributed by atoms with Crippen LogP contribution in [0.2, 0.25) is 5.02 Å². The summed E-state index contributed by atoms with van der Waals surface area (Å²) in [4.78, 5) is 15.8. The highest BCUT2D eigenvalue weighted by Gasteiger charge is 2.23. The van der Waals surface area contributed by atoms with E-state index in [2.05, 4.69) is 10.00 Å². The molecule has 1 amide bonds. The number of carbonyl (C=O) groups excluding carboxylic acids is 1. The van der Waals surface area contributed by atoms with Crippen LogP contribution in [0.4, 0.5) is 0 Å². The molecule has 6 nitrogen and oxygen atoms in total. The van der Waals surface area contributed by atoms with Crippen LogP contribution in [-0.2, 0) is 11.3 Å². The molecule has 1 unspecified atom stereocenters. The molecule has 0 radical (unpaired) electrons. The number of amides is 1. The van der Waals surface area contributed by atoms with Gasteiger partial charge in [-0.15, -0.1) is 0 Å². The van der Waals surface area contributed by atoms with Gasteiger partial charge in [-0.1, -0.05) is 11.6 Å². The number of nitrogens with zero attached hydrogens (tertiary/aromatic N) is 4. The highest BCUT2D eigenvalue weighted by molar-refractivity contribution is 6.30. The number of hydrogen-bond acceptors (Lipinski definition) is 4. The van der Waals surface area contributed by atoms with Crippen molar-refractivity contribution in [3.63, 3.8) is 0 Å². The minimum atomic E-state index is -0.922. The minimum absolute atomic E-state index is 0.190. The first-order valence-electron chi connectivity index (χ1n) is 8.01. The Labute approximate surface area is 146 Å². The Balaban J connectivity index is 1.56. The molecule has 1 aromatic heterocycles. The largest absolute Gasteiger partial charge is 0.384 e. The van der Waals surface area contributed by atoms with Crippen molar-refractivity contribution in [2.24, 2.45) is 0 Å². The van der Waals surface area contributed by atoms with Crippen molar-refractivity contribution in [3.8, 4) is 5.69 Å². The van der Waals surface area contributed by atoms with E-state index in [0.29, 0.717) is 18.1 Å². The molecule has 1 aromatic carbocycles. The van der Waals surface area contributed by atoms with Crippen molar-refractivity contribution in [1.29, 1.82) is 0 Å². The van der Waals surface area contributed by atoms with Crippen LogP contribution in [0.3, 0.4) is 0 Å². The molecular weight excluding hydrogens is 328 g/mol. The molecule has 1 N–H and O–H groups in total. The van der Waals surface area contributed by atoms with Crippen LogP contribution >= 0.6 is 11.6 Å². The van der Waals surface area contributed by atoms with Crippen LogP contribution < -0.4 is 0 Å². The summed E-state index contributed by atoms with van der Waals surface area (Å²) in [5, 5.41) is 14.5.